The maximum absolute atomic E-state index is 6.44. The van der Waals surface area contributed by atoms with Gasteiger partial charge in [-0.15, -0.1) is 0 Å². The van der Waals surface area contributed by atoms with Crippen molar-refractivity contribution in [2.45, 2.75) is 46.1 Å². The minimum atomic E-state index is -2.54. The first kappa shape index (κ1) is 18.1. The van der Waals surface area contributed by atoms with Gasteiger partial charge in [0.25, 0.3) is 0 Å². The zero-order chi connectivity index (χ0) is 16.2. The van der Waals surface area contributed by atoms with E-state index in [1.165, 1.54) is 24.0 Å². The Balaban J connectivity index is 2.12. The Morgan fingerprint density at radius 3 is 1.95 bits per heavy atom. The Hall–Kier alpha value is -0.249. The van der Waals surface area contributed by atoms with Gasteiger partial charge < -0.3 is 12.7 Å². The average molecular weight is 355 g/mol. The molecule has 2 aliphatic carbocycles. The first-order chi connectivity index (χ1) is 10.5. The Labute approximate surface area is 141 Å². The monoisotopic (exact) mass is 354 g/mol. The molecule has 0 spiro atoms. The van der Waals surface area contributed by atoms with Crippen LogP contribution in [0.4, 0.5) is 0 Å². The maximum atomic E-state index is 6.44. The summed E-state index contributed by atoms with van der Waals surface area (Å²) in [7, 11) is -2.18. The van der Waals surface area contributed by atoms with Crippen LogP contribution >= 0.6 is 0 Å². The molecule has 1 fully saturated rings. The van der Waals surface area contributed by atoms with Gasteiger partial charge in [-0.25, -0.2) is 0 Å². The van der Waals surface area contributed by atoms with Crippen LogP contribution < -0.4 is 0 Å². The van der Waals surface area contributed by atoms with Crippen molar-refractivity contribution < 1.29 is 12.7 Å². The molecule has 3 nitrogen and oxygen atoms in total. The third-order valence-corrected chi connectivity index (χ3v) is 13.2. The topological polar surface area (TPSA) is 27.7 Å². The smallest absolute Gasteiger partial charge is 0.418 e. The second-order valence-electron chi connectivity index (χ2n) is 6.88. The largest absolute Gasteiger partial charge is 0.483 e. The summed E-state index contributed by atoms with van der Waals surface area (Å²) < 4.78 is 18.9. The van der Waals surface area contributed by atoms with Crippen molar-refractivity contribution in [3.8, 4) is 0 Å². The second-order valence-corrected chi connectivity index (χ2v) is 13.0. The van der Waals surface area contributed by atoms with Crippen molar-refractivity contribution in [3.05, 3.63) is 34.7 Å². The van der Waals surface area contributed by atoms with Gasteiger partial charge in [0.2, 0.25) is 0 Å². The summed E-state index contributed by atoms with van der Waals surface area (Å²) in [5.41, 5.74) is 7.66. The molecule has 0 saturated heterocycles. The van der Waals surface area contributed by atoms with Gasteiger partial charge in [-0.2, -0.15) is 0 Å². The molecular weight excluding hydrogens is 324 g/mol. The zero-order valence-electron chi connectivity index (χ0n) is 14.6. The van der Waals surface area contributed by atoms with Gasteiger partial charge in [0, 0.05) is 12.7 Å². The minimum absolute atomic E-state index is 0.476. The van der Waals surface area contributed by atoms with Crippen molar-refractivity contribution >= 4 is 28.3 Å². The zero-order valence-corrected chi connectivity index (χ0v) is 18.4. The van der Waals surface area contributed by atoms with Gasteiger partial charge in [-0.1, -0.05) is 34.7 Å². The summed E-state index contributed by atoms with van der Waals surface area (Å²) in [6, 6.07) is 0. The molecule has 124 valence electrons. The van der Waals surface area contributed by atoms with Gasteiger partial charge in [0.05, 0.1) is 0 Å². The van der Waals surface area contributed by atoms with Crippen molar-refractivity contribution in [3.63, 3.8) is 0 Å². The summed E-state index contributed by atoms with van der Waals surface area (Å²) >= 11 is 0. The minimum Gasteiger partial charge on any atom is -0.418 e. The van der Waals surface area contributed by atoms with E-state index in [4.69, 9.17) is 12.7 Å². The Kier molecular flexibility index (Phi) is 6.60. The molecule has 0 radical (unpaired) electrons. The highest BCUT2D eigenvalue weighted by molar-refractivity contribution is 6.72. The molecule has 3 atom stereocenters. The molecule has 22 heavy (non-hydrogen) atoms. The number of allylic oxidation sites excluding steroid dienone is 4. The van der Waals surface area contributed by atoms with Gasteiger partial charge in [0.1, 0.15) is 0 Å². The van der Waals surface area contributed by atoms with E-state index in [9.17, 15) is 0 Å². The van der Waals surface area contributed by atoms with Crippen molar-refractivity contribution in [1.29, 1.82) is 0 Å². The molecule has 0 aromatic heterocycles. The van der Waals surface area contributed by atoms with Gasteiger partial charge in [-0.3, -0.25) is 0 Å². The molecule has 2 bridgehead atoms. The molecular formula is C16H30O3Si3. The summed E-state index contributed by atoms with van der Waals surface area (Å²) in [5.74, 6) is 1.33. The summed E-state index contributed by atoms with van der Waals surface area (Å²) in [5, 5.41) is 0. The van der Waals surface area contributed by atoms with Crippen LogP contribution in [0.5, 0.6) is 0 Å². The molecule has 0 amide bonds. The van der Waals surface area contributed by atoms with E-state index in [-0.39, 0.29) is 0 Å². The van der Waals surface area contributed by atoms with Gasteiger partial charge in [0.15, 0.2) is 19.5 Å². The first-order valence-corrected chi connectivity index (χ1v) is 12.8. The standard InChI is InChI=1S/C16H30O3Si3/c1-12(2)10-20-18-22(17-5,19-21-11-13(3)4)16-9-14-6-7-15(16)8-14/h6-7,10-11,14-16H,8-9,20-21H2,1-5H3. The molecule has 6 heteroatoms. The predicted molar refractivity (Wildman–Crippen MR) is 100.0 cm³/mol. The summed E-state index contributed by atoms with van der Waals surface area (Å²) in [4.78, 5) is 0. The molecule has 2 rings (SSSR count). The van der Waals surface area contributed by atoms with Crippen molar-refractivity contribution in [2.24, 2.45) is 11.8 Å². The highest BCUT2D eigenvalue weighted by Gasteiger charge is 2.55. The Morgan fingerprint density at radius 1 is 1.00 bits per heavy atom. The van der Waals surface area contributed by atoms with Crippen LogP contribution in [0.25, 0.3) is 0 Å². The molecule has 3 unspecified atom stereocenters. The quantitative estimate of drug-likeness (QED) is 0.495. The second kappa shape index (κ2) is 8.03. The predicted octanol–water partition coefficient (Wildman–Crippen LogP) is 2.59. The number of fused-ring (bicyclic) bond motifs is 2. The molecule has 0 aromatic rings. The van der Waals surface area contributed by atoms with Crippen LogP contribution in [-0.4, -0.2) is 35.4 Å². The highest BCUT2D eigenvalue weighted by Crippen LogP contribution is 2.52. The third-order valence-electron chi connectivity index (χ3n) is 4.57. The Bertz CT molecular complexity index is 443. The van der Waals surface area contributed by atoms with Gasteiger partial charge >= 0.3 is 8.80 Å². The van der Waals surface area contributed by atoms with E-state index < -0.39 is 28.3 Å². The molecule has 0 aliphatic heterocycles. The van der Waals surface area contributed by atoms with E-state index in [1.54, 1.807) is 7.11 Å². The number of hydrogen-bond acceptors (Lipinski definition) is 3. The summed E-state index contributed by atoms with van der Waals surface area (Å²) in [6.45, 7) is 8.52. The SMILES string of the molecule is CO[Si](O[SiH2]C=C(C)C)(O[SiH2]C=C(C)C)C1CC2C=CC1C2. The molecule has 0 aromatic carbocycles. The number of hydrogen-bond donors (Lipinski definition) is 0. The first-order valence-electron chi connectivity index (χ1n) is 8.25. The van der Waals surface area contributed by atoms with E-state index in [0.29, 0.717) is 11.5 Å². The van der Waals surface area contributed by atoms with Crippen molar-refractivity contribution in [2.75, 3.05) is 7.11 Å². The van der Waals surface area contributed by atoms with Crippen LogP contribution in [0.3, 0.4) is 0 Å². The fourth-order valence-corrected chi connectivity index (χ4v) is 12.0. The van der Waals surface area contributed by atoms with Crippen LogP contribution in [-0.2, 0) is 12.7 Å². The van der Waals surface area contributed by atoms with E-state index in [1.807, 2.05) is 0 Å². The highest BCUT2D eigenvalue weighted by atomic mass is 28.4. The summed E-state index contributed by atoms with van der Waals surface area (Å²) in [6.07, 6.45) is 7.20. The average Bonchev–Trinajstić information content (AvgIpc) is 3.07. The van der Waals surface area contributed by atoms with Crippen LogP contribution in [0.1, 0.15) is 40.5 Å². The third kappa shape index (κ3) is 4.39. The lowest BCUT2D eigenvalue weighted by atomic mass is 10.1. The van der Waals surface area contributed by atoms with E-state index >= 15 is 0 Å². The molecule has 1 saturated carbocycles. The lowest BCUT2D eigenvalue weighted by Gasteiger charge is -2.36. The lowest BCUT2D eigenvalue weighted by molar-refractivity contribution is 0.192. The van der Waals surface area contributed by atoms with Crippen LogP contribution in [0, 0.1) is 11.8 Å². The van der Waals surface area contributed by atoms with Gasteiger partial charge in [-0.05, 0) is 52.4 Å². The van der Waals surface area contributed by atoms with Crippen LogP contribution in [0.15, 0.2) is 34.7 Å². The normalized spacial score (nSPS) is 29.6. The van der Waals surface area contributed by atoms with Crippen LogP contribution in [0.2, 0.25) is 5.54 Å². The molecule has 2 aliphatic rings. The molecule has 0 N–H and O–H groups in total. The van der Waals surface area contributed by atoms with Crippen molar-refractivity contribution in [1.82, 2.24) is 0 Å². The Morgan fingerprint density at radius 2 is 1.59 bits per heavy atom. The molecule has 0 heterocycles. The van der Waals surface area contributed by atoms with E-state index in [0.717, 1.165) is 5.92 Å². The fraction of sp³-hybridized carbons (Fsp3) is 0.625. The fourth-order valence-electron chi connectivity index (χ4n) is 3.36. The lowest BCUT2D eigenvalue weighted by Crippen LogP contribution is -2.52. The maximum Gasteiger partial charge on any atom is 0.483 e. The van der Waals surface area contributed by atoms with E-state index in [2.05, 4.69) is 51.2 Å². The number of rotatable bonds is 8.